The molecule has 3 N–H and O–H groups in total. The monoisotopic (exact) mass is 370 g/mol. The van der Waals surface area contributed by atoms with Gasteiger partial charge in [0.05, 0.1) is 14.2 Å². The number of amides is 2. The van der Waals surface area contributed by atoms with Crippen LogP contribution in [0.25, 0.3) is 0 Å². The molecule has 25 heavy (non-hydrogen) atoms. The highest BCUT2D eigenvalue weighted by Crippen LogP contribution is 2.20. The zero-order chi connectivity index (χ0) is 19.1. The quantitative estimate of drug-likeness (QED) is 0.532. The molecule has 0 radical (unpaired) electrons. The van der Waals surface area contributed by atoms with Crippen LogP contribution in [0.4, 0.5) is 0 Å². The molecule has 0 saturated carbocycles. The van der Waals surface area contributed by atoms with Gasteiger partial charge in [-0.15, -0.1) is 0 Å². The molecule has 2 amide bonds. The van der Waals surface area contributed by atoms with E-state index in [1.807, 2.05) is 0 Å². The first-order valence-corrected chi connectivity index (χ1v) is 7.62. The normalized spacial score (nSPS) is 12.8. The number of ether oxygens (including phenoxy) is 2. The van der Waals surface area contributed by atoms with Gasteiger partial charge >= 0.3 is 11.9 Å². The summed E-state index contributed by atoms with van der Waals surface area (Å²) in [6.07, 6.45) is 0. The highest BCUT2D eigenvalue weighted by molar-refractivity contribution is 6.30. The van der Waals surface area contributed by atoms with E-state index in [9.17, 15) is 19.2 Å². The predicted octanol–water partition coefficient (Wildman–Crippen LogP) is 0.522. The molecule has 9 heteroatoms. The summed E-state index contributed by atoms with van der Waals surface area (Å²) in [6, 6.07) is 4.62. The molecule has 0 fully saturated rings. The van der Waals surface area contributed by atoms with E-state index in [0.717, 1.165) is 14.2 Å². The molecular weight excluding hydrogens is 352 g/mol. The van der Waals surface area contributed by atoms with Crippen LogP contribution in [-0.4, -0.2) is 44.0 Å². The van der Waals surface area contributed by atoms with Gasteiger partial charge in [-0.3, -0.25) is 19.2 Å². The molecule has 0 spiro atoms. The van der Waals surface area contributed by atoms with Crippen molar-refractivity contribution in [1.82, 2.24) is 5.32 Å². The standard InChI is InChI=1S/C16H19ClN2O6/c1-8(11(15(22)24-2)16(23)25-3)12(13(18)20)19-14(21)9-4-6-10(17)7-5-9/h4-8,11-12H,1-3H3,(H2,18,20)(H,19,21)/t8-,12-/m0/s1. The van der Waals surface area contributed by atoms with Crippen LogP contribution in [0.15, 0.2) is 24.3 Å². The summed E-state index contributed by atoms with van der Waals surface area (Å²) in [5.74, 6) is -5.72. The number of nitrogens with two attached hydrogens (primary N) is 1. The maximum absolute atomic E-state index is 12.3. The van der Waals surface area contributed by atoms with Crippen molar-refractivity contribution in [2.75, 3.05) is 14.2 Å². The van der Waals surface area contributed by atoms with Crippen LogP contribution in [0.2, 0.25) is 5.02 Å². The maximum atomic E-state index is 12.3. The van der Waals surface area contributed by atoms with Gasteiger partial charge in [-0.2, -0.15) is 0 Å². The number of halogens is 1. The van der Waals surface area contributed by atoms with E-state index in [0.29, 0.717) is 5.02 Å². The summed E-state index contributed by atoms with van der Waals surface area (Å²) >= 11 is 5.76. The third-order valence-electron chi connectivity index (χ3n) is 3.66. The molecule has 0 aromatic heterocycles. The fourth-order valence-corrected chi connectivity index (χ4v) is 2.39. The molecule has 136 valence electrons. The third-order valence-corrected chi connectivity index (χ3v) is 3.91. The lowest BCUT2D eigenvalue weighted by Gasteiger charge is -2.26. The van der Waals surface area contributed by atoms with Crippen LogP contribution in [0.1, 0.15) is 17.3 Å². The summed E-state index contributed by atoms with van der Waals surface area (Å²) in [5, 5.41) is 2.86. The Morgan fingerprint density at radius 1 is 1.04 bits per heavy atom. The largest absolute Gasteiger partial charge is 0.468 e. The molecule has 1 aromatic rings. The van der Waals surface area contributed by atoms with Crippen LogP contribution in [0.3, 0.4) is 0 Å². The Bertz CT molecular complexity index is 645. The number of esters is 2. The van der Waals surface area contributed by atoms with Crippen LogP contribution >= 0.6 is 11.6 Å². The number of primary amides is 1. The SMILES string of the molecule is COC(=O)C(C(=O)OC)[C@H](C)[C@H](NC(=O)c1ccc(Cl)cc1)C(N)=O. The lowest BCUT2D eigenvalue weighted by Crippen LogP contribution is -2.52. The van der Waals surface area contributed by atoms with Gasteiger partial charge in [0.1, 0.15) is 6.04 Å². The molecule has 0 saturated heterocycles. The first-order valence-electron chi connectivity index (χ1n) is 7.24. The molecule has 0 aliphatic rings. The molecule has 0 heterocycles. The van der Waals surface area contributed by atoms with E-state index < -0.39 is 41.6 Å². The average Bonchev–Trinajstić information content (AvgIpc) is 2.59. The Kier molecular flexibility index (Phi) is 7.38. The molecule has 0 unspecified atom stereocenters. The van der Waals surface area contributed by atoms with Gasteiger partial charge in [-0.05, 0) is 24.3 Å². The van der Waals surface area contributed by atoms with E-state index in [1.54, 1.807) is 0 Å². The molecule has 0 aliphatic heterocycles. The van der Waals surface area contributed by atoms with E-state index in [-0.39, 0.29) is 5.56 Å². The minimum absolute atomic E-state index is 0.232. The number of methoxy groups -OCH3 is 2. The number of carbonyl (C=O) groups excluding carboxylic acids is 4. The van der Waals surface area contributed by atoms with Crippen LogP contribution in [0.5, 0.6) is 0 Å². The Morgan fingerprint density at radius 2 is 1.52 bits per heavy atom. The van der Waals surface area contributed by atoms with Crippen molar-refractivity contribution >= 4 is 35.4 Å². The second kappa shape index (κ2) is 9.03. The van der Waals surface area contributed by atoms with Gasteiger partial charge < -0.3 is 20.5 Å². The molecule has 0 bridgehead atoms. The highest BCUT2D eigenvalue weighted by atomic mass is 35.5. The Labute approximate surface area is 149 Å². The molecule has 1 aromatic carbocycles. The summed E-state index contributed by atoms with van der Waals surface area (Å²) in [5.41, 5.74) is 5.56. The topological polar surface area (TPSA) is 125 Å². The molecular formula is C16H19ClN2O6. The smallest absolute Gasteiger partial charge is 0.320 e. The van der Waals surface area contributed by atoms with Crippen molar-refractivity contribution in [3.63, 3.8) is 0 Å². The first kappa shape index (κ1) is 20.4. The van der Waals surface area contributed by atoms with Crippen LogP contribution < -0.4 is 11.1 Å². The van der Waals surface area contributed by atoms with E-state index in [4.69, 9.17) is 17.3 Å². The summed E-state index contributed by atoms with van der Waals surface area (Å²) in [4.78, 5) is 47.8. The van der Waals surface area contributed by atoms with E-state index in [1.165, 1.54) is 31.2 Å². The van der Waals surface area contributed by atoms with E-state index >= 15 is 0 Å². The predicted molar refractivity (Wildman–Crippen MR) is 88.6 cm³/mol. The van der Waals surface area contributed by atoms with Crippen molar-refractivity contribution < 1.29 is 28.7 Å². The van der Waals surface area contributed by atoms with Gasteiger partial charge in [-0.1, -0.05) is 18.5 Å². The number of nitrogens with one attached hydrogen (secondary N) is 1. The van der Waals surface area contributed by atoms with Crippen molar-refractivity contribution in [3.8, 4) is 0 Å². The minimum Gasteiger partial charge on any atom is -0.468 e. The zero-order valence-electron chi connectivity index (χ0n) is 13.9. The van der Waals surface area contributed by atoms with Gasteiger partial charge in [0.15, 0.2) is 5.92 Å². The van der Waals surface area contributed by atoms with Gasteiger partial charge in [0.25, 0.3) is 5.91 Å². The number of carbonyl (C=O) groups is 4. The number of hydrogen-bond acceptors (Lipinski definition) is 6. The minimum atomic E-state index is -1.42. The summed E-state index contributed by atoms with van der Waals surface area (Å²) < 4.78 is 9.14. The first-order chi connectivity index (χ1) is 11.7. The second-order valence-corrected chi connectivity index (χ2v) is 5.68. The van der Waals surface area contributed by atoms with Crippen molar-refractivity contribution in [3.05, 3.63) is 34.9 Å². The van der Waals surface area contributed by atoms with Crippen molar-refractivity contribution in [2.24, 2.45) is 17.6 Å². The summed E-state index contributed by atoms with van der Waals surface area (Å²) in [6.45, 7) is 1.41. The lowest BCUT2D eigenvalue weighted by atomic mass is 9.86. The second-order valence-electron chi connectivity index (χ2n) is 5.24. The molecule has 2 atom stereocenters. The summed E-state index contributed by atoms with van der Waals surface area (Å²) in [7, 11) is 2.19. The van der Waals surface area contributed by atoms with E-state index in [2.05, 4.69) is 14.8 Å². The number of rotatable bonds is 7. The fraction of sp³-hybridized carbons (Fsp3) is 0.375. The average molecular weight is 371 g/mol. The van der Waals surface area contributed by atoms with Crippen molar-refractivity contribution in [1.29, 1.82) is 0 Å². The van der Waals surface area contributed by atoms with Gasteiger partial charge in [0.2, 0.25) is 5.91 Å². The number of hydrogen-bond donors (Lipinski definition) is 2. The molecule has 0 aliphatic carbocycles. The maximum Gasteiger partial charge on any atom is 0.320 e. The highest BCUT2D eigenvalue weighted by Gasteiger charge is 2.41. The Hall–Kier alpha value is -2.61. The Balaban J connectivity index is 3.06. The van der Waals surface area contributed by atoms with Crippen LogP contribution in [0, 0.1) is 11.8 Å². The van der Waals surface area contributed by atoms with Crippen molar-refractivity contribution in [2.45, 2.75) is 13.0 Å². The third kappa shape index (κ3) is 5.18. The van der Waals surface area contributed by atoms with Crippen LogP contribution in [-0.2, 0) is 23.9 Å². The molecule has 8 nitrogen and oxygen atoms in total. The number of benzene rings is 1. The fourth-order valence-electron chi connectivity index (χ4n) is 2.26. The zero-order valence-corrected chi connectivity index (χ0v) is 14.7. The van der Waals surface area contributed by atoms with Gasteiger partial charge in [-0.25, -0.2) is 0 Å². The Morgan fingerprint density at radius 3 is 1.92 bits per heavy atom. The van der Waals surface area contributed by atoms with Gasteiger partial charge in [0, 0.05) is 16.5 Å². The molecule has 1 rings (SSSR count). The lowest BCUT2D eigenvalue weighted by molar-refractivity contribution is -0.161.